The number of halogens is 1. The molecule has 1 amide bonds. The van der Waals surface area contributed by atoms with Crippen molar-refractivity contribution >= 4 is 30.1 Å². The van der Waals surface area contributed by atoms with E-state index < -0.39 is 0 Å². The molecule has 8 heteroatoms. The summed E-state index contributed by atoms with van der Waals surface area (Å²) in [5, 5.41) is 2.87. The van der Waals surface area contributed by atoms with Crippen molar-refractivity contribution in [3.05, 3.63) is 23.9 Å². The highest BCUT2D eigenvalue weighted by Crippen LogP contribution is 2.14. The number of rotatable bonds is 5. The second kappa shape index (κ2) is 9.32. The molecule has 0 bridgehead atoms. The predicted molar refractivity (Wildman–Crippen MR) is 90.2 cm³/mol. The van der Waals surface area contributed by atoms with E-state index in [1.807, 2.05) is 11.0 Å². The molecule has 0 aromatic carbocycles. The van der Waals surface area contributed by atoms with Gasteiger partial charge < -0.3 is 19.9 Å². The molecule has 0 atom stereocenters. The molecule has 1 saturated heterocycles. The standard InChI is InChI=1S/C15H22N4O3.ClH/c1-3-22-15(21)12-4-5-13(17-10-12)18-6-8-19(9-7-18)14(20)11-16-2;/h4-5,10,16H,3,6-9,11H2,1-2H3;1H. The number of carbonyl (C=O) groups is 2. The van der Waals surface area contributed by atoms with Crippen molar-refractivity contribution in [1.82, 2.24) is 15.2 Å². The van der Waals surface area contributed by atoms with Crippen LogP contribution in [0.25, 0.3) is 0 Å². The Bertz CT molecular complexity index is 516. The Morgan fingerprint density at radius 2 is 1.96 bits per heavy atom. The third-order valence-corrected chi connectivity index (χ3v) is 3.54. The fraction of sp³-hybridized carbons (Fsp3) is 0.533. The monoisotopic (exact) mass is 342 g/mol. The number of piperazine rings is 1. The molecule has 1 aliphatic heterocycles. The van der Waals surface area contributed by atoms with Gasteiger partial charge in [0.1, 0.15) is 5.82 Å². The molecule has 2 rings (SSSR count). The minimum absolute atomic E-state index is 0. The van der Waals surface area contributed by atoms with E-state index >= 15 is 0 Å². The number of hydrogen-bond donors (Lipinski definition) is 1. The highest BCUT2D eigenvalue weighted by molar-refractivity contribution is 5.89. The van der Waals surface area contributed by atoms with E-state index in [0.29, 0.717) is 31.8 Å². The van der Waals surface area contributed by atoms with Crippen LogP contribution >= 0.6 is 12.4 Å². The van der Waals surface area contributed by atoms with Crippen LogP contribution in [0.1, 0.15) is 17.3 Å². The van der Waals surface area contributed by atoms with Gasteiger partial charge in [-0.3, -0.25) is 4.79 Å². The maximum absolute atomic E-state index is 11.8. The lowest BCUT2D eigenvalue weighted by Crippen LogP contribution is -2.50. The molecule has 0 aliphatic carbocycles. The van der Waals surface area contributed by atoms with Crippen LogP contribution in [-0.4, -0.2) is 68.1 Å². The third-order valence-electron chi connectivity index (χ3n) is 3.54. The third kappa shape index (κ3) is 5.07. The average molecular weight is 343 g/mol. The number of nitrogens with one attached hydrogen (secondary N) is 1. The van der Waals surface area contributed by atoms with Crippen molar-refractivity contribution in [3.63, 3.8) is 0 Å². The lowest BCUT2D eigenvalue weighted by Gasteiger charge is -2.35. The molecule has 1 aromatic rings. The zero-order valence-corrected chi connectivity index (χ0v) is 14.3. The summed E-state index contributed by atoms with van der Waals surface area (Å²) in [5.41, 5.74) is 0.452. The molecular weight excluding hydrogens is 320 g/mol. The molecule has 7 nitrogen and oxygen atoms in total. The number of amides is 1. The maximum atomic E-state index is 11.8. The fourth-order valence-corrected chi connectivity index (χ4v) is 2.36. The zero-order chi connectivity index (χ0) is 15.9. The Labute approximate surface area is 142 Å². The van der Waals surface area contributed by atoms with Crippen molar-refractivity contribution in [2.45, 2.75) is 6.92 Å². The second-order valence-electron chi connectivity index (χ2n) is 5.02. The quantitative estimate of drug-likeness (QED) is 0.788. The molecule has 0 saturated carbocycles. The first kappa shape index (κ1) is 19.2. The van der Waals surface area contributed by atoms with Crippen LogP contribution < -0.4 is 10.2 Å². The molecule has 0 spiro atoms. The second-order valence-corrected chi connectivity index (χ2v) is 5.02. The van der Waals surface area contributed by atoms with Gasteiger partial charge in [0.15, 0.2) is 0 Å². The Morgan fingerprint density at radius 3 is 2.48 bits per heavy atom. The topological polar surface area (TPSA) is 74.8 Å². The normalized spacial score (nSPS) is 14.2. The first-order valence-corrected chi connectivity index (χ1v) is 7.46. The number of anilines is 1. The SMILES string of the molecule is CCOC(=O)c1ccc(N2CCN(C(=O)CNC)CC2)nc1.Cl. The molecule has 0 radical (unpaired) electrons. The Kier molecular flexibility index (Phi) is 7.77. The fourth-order valence-electron chi connectivity index (χ4n) is 2.36. The van der Waals surface area contributed by atoms with E-state index in [9.17, 15) is 9.59 Å². The van der Waals surface area contributed by atoms with Crippen LogP contribution in [-0.2, 0) is 9.53 Å². The average Bonchev–Trinajstić information content (AvgIpc) is 2.55. The van der Waals surface area contributed by atoms with E-state index in [2.05, 4.69) is 15.2 Å². The Morgan fingerprint density at radius 1 is 1.26 bits per heavy atom. The summed E-state index contributed by atoms with van der Waals surface area (Å²) in [6.45, 7) is 5.33. The summed E-state index contributed by atoms with van der Waals surface area (Å²) in [4.78, 5) is 31.7. The van der Waals surface area contributed by atoms with Crippen LogP contribution in [0.5, 0.6) is 0 Å². The Balaban J connectivity index is 0.00000264. The summed E-state index contributed by atoms with van der Waals surface area (Å²) in [6, 6.07) is 3.54. The Hall–Kier alpha value is -1.86. The van der Waals surface area contributed by atoms with Gasteiger partial charge in [0.2, 0.25) is 5.91 Å². The number of pyridine rings is 1. The number of nitrogens with zero attached hydrogens (tertiary/aromatic N) is 3. The number of aromatic nitrogens is 1. The van der Waals surface area contributed by atoms with Crippen LogP contribution in [0, 0.1) is 0 Å². The molecule has 1 aliphatic rings. The molecule has 1 aromatic heterocycles. The van der Waals surface area contributed by atoms with Crippen molar-refractivity contribution in [2.75, 3.05) is 51.3 Å². The summed E-state index contributed by atoms with van der Waals surface area (Å²) in [7, 11) is 1.77. The van der Waals surface area contributed by atoms with Gasteiger partial charge in [0.05, 0.1) is 18.7 Å². The van der Waals surface area contributed by atoms with Gasteiger partial charge in [-0.25, -0.2) is 9.78 Å². The first-order valence-electron chi connectivity index (χ1n) is 7.46. The van der Waals surface area contributed by atoms with Crippen molar-refractivity contribution in [3.8, 4) is 0 Å². The van der Waals surface area contributed by atoms with Crippen LogP contribution in [0.3, 0.4) is 0 Å². The number of likely N-dealkylation sites (N-methyl/N-ethyl adjacent to an activating group) is 1. The van der Waals surface area contributed by atoms with Gasteiger partial charge >= 0.3 is 5.97 Å². The smallest absolute Gasteiger partial charge is 0.339 e. The molecular formula is C15H23ClN4O3. The summed E-state index contributed by atoms with van der Waals surface area (Å²) < 4.78 is 4.93. The number of ether oxygens (including phenoxy) is 1. The number of hydrogen-bond acceptors (Lipinski definition) is 6. The number of esters is 1. The number of carbonyl (C=O) groups excluding carboxylic acids is 2. The van der Waals surface area contributed by atoms with E-state index in [1.54, 1.807) is 20.0 Å². The van der Waals surface area contributed by atoms with Crippen molar-refractivity contribution in [1.29, 1.82) is 0 Å². The van der Waals surface area contributed by atoms with E-state index in [-0.39, 0.29) is 24.3 Å². The van der Waals surface area contributed by atoms with Gasteiger partial charge in [-0.05, 0) is 26.1 Å². The van der Waals surface area contributed by atoms with E-state index in [0.717, 1.165) is 18.9 Å². The van der Waals surface area contributed by atoms with E-state index in [4.69, 9.17) is 4.74 Å². The first-order chi connectivity index (χ1) is 10.7. The predicted octanol–water partition coefficient (Wildman–Crippen LogP) is 0.548. The maximum Gasteiger partial charge on any atom is 0.339 e. The zero-order valence-electron chi connectivity index (χ0n) is 13.4. The van der Waals surface area contributed by atoms with Gasteiger partial charge in [0.25, 0.3) is 0 Å². The summed E-state index contributed by atoms with van der Waals surface area (Å²) in [6.07, 6.45) is 1.53. The lowest BCUT2D eigenvalue weighted by molar-refractivity contribution is -0.130. The molecule has 2 heterocycles. The highest BCUT2D eigenvalue weighted by Gasteiger charge is 2.21. The van der Waals surface area contributed by atoms with Gasteiger partial charge in [-0.1, -0.05) is 0 Å². The van der Waals surface area contributed by atoms with Crippen LogP contribution in [0.2, 0.25) is 0 Å². The molecule has 0 unspecified atom stereocenters. The molecule has 1 fully saturated rings. The molecule has 1 N–H and O–H groups in total. The molecule has 23 heavy (non-hydrogen) atoms. The largest absolute Gasteiger partial charge is 0.462 e. The van der Waals surface area contributed by atoms with Crippen molar-refractivity contribution in [2.24, 2.45) is 0 Å². The minimum Gasteiger partial charge on any atom is -0.462 e. The van der Waals surface area contributed by atoms with Gasteiger partial charge in [-0.15, -0.1) is 12.4 Å². The highest BCUT2D eigenvalue weighted by atomic mass is 35.5. The minimum atomic E-state index is -0.357. The van der Waals surface area contributed by atoms with E-state index in [1.165, 1.54) is 6.20 Å². The van der Waals surface area contributed by atoms with Gasteiger partial charge in [0, 0.05) is 32.4 Å². The van der Waals surface area contributed by atoms with Gasteiger partial charge in [-0.2, -0.15) is 0 Å². The summed E-state index contributed by atoms with van der Waals surface area (Å²) >= 11 is 0. The summed E-state index contributed by atoms with van der Waals surface area (Å²) in [5.74, 6) is 0.575. The van der Waals surface area contributed by atoms with Crippen LogP contribution in [0.4, 0.5) is 5.82 Å². The lowest BCUT2D eigenvalue weighted by atomic mass is 10.2. The molecule has 128 valence electrons. The van der Waals surface area contributed by atoms with Crippen molar-refractivity contribution < 1.29 is 14.3 Å². The van der Waals surface area contributed by atoms with Crippen LogP contribution in [0.15, 0.2) is 18.3 Å².